The Kier molecular flexibility index (Phi) is 5.97. The lowest BCUT2D eigenvalue weighted by atomic mass is 10.3. The fourth-order valence-electron chi connectivity index (χ4n) is 1.70. The Bertz CT molecular complexity index is 656. The van der Waals surface area contributed by atoms with Crippen LogP contribution in [0.5, 0.6) is 5.75 Å². The minimum atomic E-state index is -3.80. The number of nitrogens with two attached hydrogens (primary N) is 1. The number of ether oxygens (including phenoxy) is 1. The highest BCUT2D eigenvalue weighted by Crippen LogP contribution is 2.26. The van der Waals surface area contributed by atoms with Gasteiger partial charge in [-0.15, -0.1) is 0 Å². The number of methoxy groups -OCH3 is 1. The van der Waals surface area contributed by atoms with Gasteiger partial charge in [0.05, 0.1) is 29.8 Å². The topological polar surface area (TPSA) is 120 Å². The molecular formula is C13H16N4O3S. The molecule has 0 aliphatic heterocycles. The van der Waals surface area contributed by atoms with Crippen molar-refractivity contribution < 1.29 is 13.2 Å². The van der Waals surface area contributed by atoms with E-state index in [1.165, 1.54) is 25.3 Å². The predicted molar refractivity (Wildman–Crippen MR) is 76.6 cm³/mol. The van der Waals surface area contributed by atoms with E-state index in [4.69, 9.17) is 21.0 Å². The van der Waals surface area contributed by atoms with Gasteiger partial charge >= 0.3 is 0 Å². The molecule has 0 atom stereocenters. The van der Waals surface area contributed by atoms with Crippen LogP contribution in [-0.2, 0) is 10.0 Å². The first-order valence-corrected chi connectivity index (χ1v) is 7.59. The molecule has 0 radical (unpaired) electrons. The standard InChI is InChI=1S/C13H16N4O3S/c1-20-13-10-11(4-5-12(13)16)21(18,19)17(8-2-6-14)9-3-7-15/h4-5,10H,2-3,8-9,16H2,1H3. The SMILES string of the molecule is COc1cc(S(=O)(=O)N(CCC#N)CCC#N)ccc1N. The Morgan fingerprint density at radius 1 is 1.24 bits per heavy atom. The quantitative estimate of drug-likeness (QED) is 0.753. The lowest BCUT2D eigenvalue weighted by Gasteiger charge is -2.20. The molecule has 0 aliphatic carbocycles. The number of rotatable bonds is 7. The van der Waals surface area contributed by atoms with Crippen LogP contribution in [0.15, 0.2) is 23.1 Å². The fraction of sp³-hybridized carbons (Fsp3) is 0.385. The molecule has 0 heterocycles. The Hall–Kier alpha value is -2.29. The molecule has 112 valence electrons. The number of benzene rings is 1. The smallest absolute Gasteiger partial charge is 0.243 e. The maximum absolute atomic E-state index is 12.5. The highest BCUT2D eigenvalue weighted by Gasteiger charge is 2.24. The van der Waals surface area contributed by atoms with Crippen LogP contribution in [0.3, 0.4) is 0 Å². The Labute approximate surface area is 124 Å². The molecule has 7 nitrogen and oxygen atoms in total. The third kappa shape index (κ3) is 4.09. The van der Waals surface area contributed by atoms with E-state index in [1.807, 2.05) is 12.1 Å². The summed E-state index contributed by atoms with van der Waals surface area (Å²) in [4.78, 5) is 0.0180. The van der Waals surface area contributed by atoms with Gasteiger partial charge in [-0.3, -0.25) is 0 Å². The van der Waals surface area contributed by atoms with Crippen molar-refractivity contribution in [1.82, 2.24) is 4.31 Å². The van der Waals surface area contributed by atoms with Crippen LogP contribution in [0.25, 0.3) is 0 Å². The molecule has 0 bridgehead atoms. The van der Waals surface area contributed by atoms with E-state index in [0.717, 1.165) is 4.31 Å². The van der Waals surface area contributed by atoms with E-state index in [0.29, 0.717) is 5.69 Å². The van der Waals surface area contributed by atoms with E-state index in [-0.39, 0.29) is 36.6 Å². The van der Waals surface area contributed by atoms with E-state index >= 15 is 0 Å². The van der Waals surface area contributed by atoms with Crippen molar-refractivity contribution in [2.24, 2.45) is 0 Å². The average Bonchev–Trinajstić information content (AvgIpc) is 2.47. The maximum atomic E-state index is 12.5. The Balaban J connectivity index is 3.15. The summed E-state index contributed by atoms with van der Waals surface area (Å²) >= 11 is 0. The molecular weight excluding hydrogens is 292 g/mol. The van der Waals surface area contributed by atoms with Crippen molar-refractivity contribution in [2.45, 2.75) is 17.7 Å². The van der Waals surface area contributed by atoms with Crippen LogP contribution >= 0.6 is 0 Å². The van der Waals surface area contributed by atoms with Crippen molar-refractivity contribution >= 4 is 15.7 Å². The number of hydrogen-bond donors (Lipinski definition) is 1. The van der Waals surface area contributed by atoms with Gasteiger partial charge in [-0.2, -0.15) is 14.8 Å². The van der Waals surface area contributed by atoms with Gasteiger partial charge in [-0.25, -0.2) is 8.42 Å². The van der Waals surface area contributed by atoms with Crippen LogP contribution < -0.4 is 10.5 Å². The van der Waals surface area contributed by atoms with Crippen LogP contribution in [0.4, 0.5) is 5.69 Å². The van der Waals surface area contributed by atoms with Crippen molar-refractivity contribution in [3.63, 3.8) is 0 Å². The average molecular weight is 308 g/mol. The molecule has 0 saturated carbocycles. The molecule has 1 aromatic rings. The summed E-state index contributed by atoms with van der Waals surface area (Å²) in [7, 11) is -2.41. The van der Waals surface area contributed by atoms with E-state index < -0.39 is 10.0 Å². The molecule has 0 aliphatic rings. The summed E-state index contributed by atoms with van der Waals surface area (Å²) in [6.07, 6.45) is 0.105. The third-order valence-electron chi connectivity index (χ3n) is 2.79. The monoisotopic (exact) mass is 308 g/mol. The molecule has 0 saturated heterocycles. The second-order valence-electron chi connectivity index (χ2n) is 4.12. The van der Waals surface area contributed by atoms with E-state index in [9.17, 15) is 8.42 Å². The molecule has 0 fully saturated rings. The minimum absolute atomic E-state index is 0.0180. The Morgan fingerprint density at radius 3 is 2.29 bits per heavy atom. The van der Waals surface area contributed by atoms with Crippen LogP contribution in [0, 0.1) is 22.7 Å². The number of anilines is 1. The second kappa shape index (κ2) is 7.48. The normalized spacial score (nSPS) is 10.9. The van der Waals surface area contributed by atoms with Crippen molar-refractivity contribution in [1.29, 1.82) is 10.5 Å². The zero-order chi connectivity index (χ0) is 15.9. The number of nitrogens with zero attached hydrogens (tertiary/aromatic N) is 3. The zero-order valence-electron chi connectivity index (χ0n) is 11.6. The molecule has 0 amide bonds. The van der Waals surface area contributed by atoms with Gasteiger partial charge in [0.2, 0.25) is 10.0 Å². The molecule has 1 aromatic carbocycles. The summed E-state index contributed by atoms with van der Waals surface area (Å²) in [5.41, 5.74) is 5.99. The van der Waals surface area contributed by atoms with E-state index in [1.54, 1.807) is 0 Å². The minimum Gasteiger partial charge on any atom is -0.495 e. The van der Waals surface area contributed by atoms with Crippen molar-refractivity contribution in [2.75, 3.05) is 25.9 Å². The summed E-state index contributed by atoms with van der Waals surface area (Å²) in [6, 6.07) is 7.94. The van der Waals surface area contributed by atoms with Crippen molar-refractivity contribution in [3.8, 4) is 17.9 Å². The zero-order valence-corrected chi connectivity index (χ0v) is 12.4. The van der Waals surface area contributed by atoms with Gasteiger partial charge in [-0.05, 0) is 12.1 Å². The van der Waals surface area contributed by atoms with Crippen LogP contribution in [0.1, 0.15) is 12.8 Å². The van der Waals surface area contributed by atoms with E-state index in [2.05, 4.69) is 0 Å². The molecule has 0 aromatic heterocycles. The number of hydrogen-bond acceptors (Lipinski definition) is 6. The van der Waals surface area contributed by atoms with Gasteiger partial charge in [0.15, 0.2) is 0 Å². The summed E-state index contributed by atoms with van der Waals surface area (Å²) in [6.45, 7) is 0.0699. The van der Waals surface area contributed by atoms with Crippen LogP contribution in [-0.4, -0.2) is 32.9 Å². The summed E-state index contributed by atoms with van der Waals surface area (Å²) in [5.74, 6) is 0.261. The molecule has 2 N–H and O–H groups in total. The lowest BCUT2D eigenvalue weighted by Crippen LogP contribution is -2.32. The first-order valence-electron chi connectivity index (χ1n) is 6.15. The third-order valence-corrected chi connectivity index (χ3v) is 4.68. The lowest BCUT2D eigenvalue weighted by molar-refractivity contribution is 0.412. The Morgan fingerprint density at radius 2 is 1.81 bits per heavy atom. The van der Waals surface area contributed by atoms with Gasteiger partial charge in [-0.1, -0.05) is 0 Å². The first kappa shape index (κ1) is 16.8. The van der Waals surface area contributed by atoms with Gasteiger partial charge in [0, 0.05) is 32.0 Å². The highest BCUT2D eigenvalue weighted by atomic mass is 32.2. The molecule has 0 spiro atoms. The molecule has 1 rings (SSSR count). The highest BCUT2D eigenvalue weighted by molar-refractivity contribution is 7.89. The van der Waals surface area contributed by atoms with Gasteiger partial charge in [0.25, 0.3) is 0 Å². The van der Waals surface area contributed by atoms with Crippen molar-refractivity contribution in [3.05, 3.63) is 18.2 Å². The molecule has 0 unspecified atom stereocenters. The largest absolute Gasteiger partial charge is 0.495 e. The van der Waals surface area contributed by atoms with Gasteiger partial charge < -0.3 is 10.5 Å². The second-order valence-corrected chi connectivity index (χ2v) is 6.06. The summed E-state index contributed by atoms with van der Waals surface area (Å²) < 4.78 is 31.2. The fourth-order valence-corrected chi connectivity index (χ4v) is 3.16. The number of nitrogen functional groups attached to an aromatic ring is 1. The van der Waals surface area contributed by atoms with Crippen LogP contribution in [0.2, 0.25) is 0 Å². The number of sulfonamides is 1. The molecule has 8 heteroatoms. The molecule has 21 heavy (non-hydrogen) atoms. The maximum Gasteiger partial charge on any atom is 0.243 e. The predicted octanol–water partition coefficient (Wildman–Crippen LogP) is 1.10. The first-order chi connectivity index (χ1) is 9.97. The number of nitriles is 2. The van der Waals surface area contributed by atoms with Gasteiger partial charge in [0.1, 0.15) is 5.75 Å². The summed E-state index contributed by atoms with van der Waals surface area (Å²) in [5, 5.41) is 17.2.